The van der Waals surface area contributed by atoms with Crippen LogP contribution in [0.1, 0.15) is 15.9 Å². The Balaban J connectivity index is 2.39. The van der Waals surface area contributed by atoms with E-state index in [1.54, 1.807) is 42.7 Å². The molecule has 0 saturated heterocycles. The molecule has 2 N–H and O–H groups in total. The summed E-state index contributed by atoms with van der Waals surface area (Å²) in [6.07, 6.45) is 3.18. The summed E-state index contributed by atoms with van der Waals surface area (Å²) in [5.41, 5.74) is 7.43. The summed E-state index contributed by atoms with van der Waals surface area (Å²) < 4.78 is 0.724. The second-order valence-electron chi connectivity index (χ2n) is 3.31. The Morgan fingerprint density at radius 2 is 2.06 bits per heavy atom. The first-order valence-electron chi connectivity index (χ1n) is 4.68. The largest absolute Gasteiger partial charge is 0.398 e. The Labute approximate surface area is 101 Å². The molecule has 0 aliphatic heterocycles. The summed E-state index contributed by atoms with van der Waals surface area (Å²) in [6, 6.07) is 8.59. The van der Waals surface area contributed by atoms with Gasteiger partial charge in [-0.15, -0.1) is 0 Å². The van der Waals surface area contributed by atoms with E-state index in [2.05, 4.69) is 20.9 Å². The van der Waals surface area contributed by atoms with Gasteiger partial charge in [-0.2, -0.15) is 0 Å². The van der Waals surface area contributed by atoms with Crippen LogP contribution in [0.5, 0.6) is 0 Å². The van der Waals surface area contributed by atoms with Gasteiger partial charge >= 0.3 is 0 Å². The first-order valence-corrected chi connectivity index (χ1v) is 5.47. The number of hydrogen-bond donors (Lipinski definition) is 1. The molecule has 0 amide bonds. The van der Waals surface area contributed by atoms with Gasteiger partial charge in [0.05, 0.1) is 0 Å². The lowest BCUT2D eigenvalue weighted by Crippen LogP contribution is -2.02. The van der Waals surface area contributed by atoms with Crippen LogP contribution in [0.15, 0.2) is 47.2 Å². The van der Waals surface area contributed by atoms with Crippen LogP contribution in [-0.4, -0.2) is 10.8 Å². The van der Waals surface area contributed by atoms with Gasteiger partial charge in [0.25, 0.3) is 0 Å². The number of nitrogen functional groups attached to an aromatic ring is 1. The van der Waals surface area contributed by atoms with Crippen LogP contribution in [0.2, 0.25) is 0 Å². The molecule has 3 nitrogen and oxygen atoms in total. The molecule has 1 aromatic carbocycles. The molecule has 0 saturated carbocycles. The van der Waals surface area contributed by atoms with Gasteiger partial charge in [-0.3, -0.25) is 9.78 Å². The Hall–Kier alpha value is -1.68. The van der Waals surface area contributed by atoms with Gasteiger partial charge in [0.1, 0.15) is 0 Å². The molecule has 0 spiro atoms. The average molecular weight is 277 g/mol. The van der Waals surface area contributed by atoms with Crippen molar-refractivity contribution in [1.82, 2.24) is 4.98 Å². The van der Waals surface area contributed by atoms with Crippen molar-refractivity contribution in [3.8, 4) is 0 Å². The fraction of sp³-hybridized carbons (Fsp3) is 0. The van der Waals surface area contributed by atoms with E-state index >= 15 is 0 Å². The van der Waals surface area contributed by atoms with E-state index in [0.29, 0.717) is 16.8 Å². The van der Waals surface area contributed by atoms with Gasteiger partial charge in [0.2, 0.25) is 0 Å². The van der Waals surface area contributed by atoms with E-state index in [9.17, 15) is 4.79 Å². The van der Waals surface area contributed by atoms with Crippen LogP contribution in [0.3, 0.4) is 0 Å². The highest BCUT2D eigenvalue weighted by Gasteiger charge is 2.09. The summed E-state index contributed by atoms with van der Waals surface area (Å²) >= 11 is 3.29. The minimum atomic E-state index is -0.0613. The van der Waals surface area contributed by atoms with E-state index in [1.165, 1.54) is 0 Å². The number of nitrogens with zero attached hydrogens (tertiary/aromatic N) is 1. The van der Waals surface area contributed by atoms with E-state index in [1.807, 2.05) is 0 Å². The van der Waals surface area contributed by atoms with Crippen LogP contribution in [0, 0.1) is 0 Å². The molecule has 0 bridgehead atoms. The maximum absolute atomic E-state index is 12.0. The number of carbonyl (C=O) groups is 1. The highest BCUT2D eigenvalue weighted by atomic mass is 79.9. The number of carbonyl (C=O) groups excluding carboxylic acids is 1. The number of nitrogens with two attached hydrogens (primary N) is 1. The quantitative estimate of drug-likeness (QED) is 0.678. The summed E-state index contributed by atoms with van der Waals surface area (Å²) in [5, 5.41) is 0. The standard InChI is InChI=1S/C12H9BrN2O/c13-10-6-8(3-4-11(10)14)12(16)9-2-1-5-15-7-9/h1-7H,14H2. The summed E-state index contributed by atoms with van der Waals surface area (Å²) in [5.74, 6) is -0.0613. The average Bonchev–Trinajstić information content (AvgIpc) is 2.33. The number of hydrogen-bond acceptors (Lipinski definition) is 3. The number of rotatable bonds is 2. The van der Waals surface area contributed by atoms with Crippen molar-refractivity contribution in [2.75, 3.05) is 5.73 Å². The lowest BCUT2D eigenvalue weighted by molar-refractivity contribution is 0.103. The SMILES string of the molecule is Nc1ccc(C(=O)c2cccnc2)cc1Br. The lowest BCUT2D eigenvalue weighted by atomic mass is 10.1. The summed E-state index contributed by atoms with van der Waals surface area (Å²) in [6.45, 7) is 0. The van der Waals surface area contributed by atoms with Crippen molar-refractivity contribution in [2.45, 2.75) is 0 Å². The molecule has 0 radical (unpaired) electrons. The molecular formula is C12H9BrN2O. The molecule has 0 atom stereocenters. The topological polar surface area (TPSA) is 56.0 Å². The molecule has 0 fully saturated rings. The van der Waals surface area contributed by atoms with Crippen molar-refractivity contribution >= 4 is 27.4 Å². The predicted molar refractivity (Wildman–Crippen MR) is 66.2 cm³/mol. The minimum Gasteiger partial charge on any atom is -0.398 e. The molecule has 0 unspecified atom stereocenters. The molecule has 4 heteroatoms. The smallest absolute Gasteiger partial charge is 0.194 e. The Kier molecular flexibility index (Phi) is 3.01. The van der Waals surface area contributed by atoms with Crippen molar-refractivity contribution in [2.24, 2.45) is 0 Å². The molecular weight excluding hydrogens is 268 g/mol. The molecule has 80 valence electrons. The summed E-state index contributed by atoms with van der Waals surface area (Å²) in [4.78, 5) is 15.9. The third-order valence-corrected chi connectivity index (χ3v) is 2.87. The molecule has 1 heterocycles. The molecule has 2 aromatic rings. The van der Waals surface area contributed by atoms with Gasteiger partial charge in [-0.1, -0.05) is 0 Å². The maximum atomic E-state index is 12.0. The van der Waals surface area contributed by atoms with Crippen LogP contribution in [0.4, 0.5) is 5.69 Å². The Bertz CT molecular complexity index is 526. The number of pyridine rings is 1. The second kappa shape index (κ2) is 4.45. The lowest BCUT2D eigenvalue weighted by Gasteiger charge is -2.03. The Morgan fingerprint density at radius 1 is 1.25 bits per heavy atom. The molecule has 1 aromatic heterocycles. The Morgan fingerprint density at radius 3 is 2.69 bits per heavy atom. The van der Waals surface area contributed by atoms with Crippen molar-refractivity contribution in [3.05, 3.63) is 58.3 Å². The van der Waals surface area contributed by atoms with Crippen LogP contribution in [0.25, 0.3) is 0 Å². The van der Waals surface area contributed by atoms with Gasteiger partial charge in [0.15, 0.2) is 5.78 Å². The first-order chi connectivity index (χ1) is 7.68. The maximum Gasteiger partial charge on any atom is 0.194 e. The van der Waals surface area contributed by atoms with Crippen molar-refractivity contribution < 1.29 is 4.79 Å². The highest BCUT2D eigenvalue weighted by molar-refractivity contribution is 9.10. The zero-order chi connectivity index (χ0) is 11.5. The summed E-state index contributed by atoms with van der Waals surface area (Å²) in [7, 11) is 0. The fourth-order valence-electron chi connectivity index (χ4n) is 1.33. The highest BCUT2D eigenvalue weighted by Crippen LogP contribution is 2.21. The number of anilines is 1. The number of aromatic nitrogens is 1. The van der Waals surface area contributed by atoms with Gasteiger partial charge in [0, 0.05) is 33.7 Å². The van der Waals surface area contributed by atoms with Gasteiger partial charge in [-0.25, -0.2) is 0 Å². The van der Waals surface area contributed by atoms with Gasteiger partial charge in [-0.05, 0) is 46.3 Å². The van der Waals surface area contributed by atoms with E-state index in [-0.39, 0.29) is 5.78 Å². The van der Waals surface area contributed by atoms with Crippen molar-refractivity contribution in [1.29, 1.82) is 0 Å². The van der Waals surface area contributed by atoms with Crippen LogP contribution in [-0.2, 0) is 0 Å². The van der Waals surface area contributed by atoms with Crippen LogP contribution >= 0.6 is 15.9 Å². The monoisotopic (exact) mass is 276 g/mol. The normalized spacial score (nSPS) is 10.1. The second-order valence-corrected chi connectivity index (χ2v) is 4.16. The number of benzene rings is 1. The third kappa shape index (κ3) is 2.12. The first kappa shape index (κ1) is 10.8. The molecule has 0 aliphatic rings. The van der Waals surface area contributed by atoms with Gasteiger partial charge < -0.3 is 5.73 Å². The molecule has 0 aliphatic carbocycles. The minimum absolute atomic E-state index is 0.0613. The predicted octanol–water partition coefficient (Wildman–Crippen LogP) is 2.66. The molecule has 16 heavy (non-hydrogen) atoms. The number of halogens is 1. The zero-order valence-corrected chi connectivity index (χ0v) is 9.94. The van der Waals surface area contributed by atoms with E-state index < -0.39 is 0 Å². The van der Waals surface area contributed by atoms with E-state index in [4.69, 9.17) is 5.73 Å². The van der Waals surface area contributed by atoms with Crippen molar-refractivity contribution in [3.63, 3.8) is 0 Å². The fourth-order valence-corrected chi connectivity index (χ4v) is 1.71. The zero-order valence-electron chi connectivity index (χ0n) is 8.35. The molecule has 2 rings (SSSR count). The van der Waals surface area contributed by atoms with E-state index in [0.717, 1.165) is 4.47 Å². The third-order valence-electron chi connectivity index (χ3n) is 2.19. The van der Waals surface area contributed by atoms with Crippen LogP contribution < -0.4 is 5.73 Å². The number of ketones is 1.